The molecule has 1 aliphatic carbocycles. The lowest BCUT2D eigenvalue weighted by Gasteiger charge is -2.32. The second-order valence-corrected chi connectivity index (χ2v) is 3.64. The van der Waals surface area contributed by atoms with Gasteiger partial charge < -0.3 is 9.84 Å². The van der Waals surface area contributed by atoms with Gasteiger partial charge in [-0.1, -0.05) is 19.3 Å². The topological polar surface area (TPSA) is 46.5 Å². The molecule has 0 radical (unpaired) electrons. The zero-order valence-corrected chi connectivity index (χ0v) is 7.79. The van der Waals surface area contributed by atoms with Crippen molar-refractivity contribution >= 4 is 5.97 Å². The second-order valence-electron chi connectivity index (χ2n) is 3.64. The SMILES string of the molecule is O=C(O)CC(COC(F)F)C1CCC1. The van der Waals surface area contributed by atoms with Gasteiger partial charge in [-0.25, -0.2) is 0 Å². The van der Waals surface area contributed by atoms with Crippen LogP contribution in [0, 0.1) is 11.8 Å². The molecule has 0 aromatic heterocycles. The molecule has 14 heavy (non-hydrogen) atoms. The summed E-state index contributed by atoms with van der Waals surface area (Å²) in [5.74, 6) is -0.945. The van der Waals surface area contributed by atoms with Gasteiger partial charge in [0.05, 0.1) is 13.0 Å². The van der Waals surface area contributed by atoms with Crippen LogP contribution in [-0.4, -0.2) is 24.3 Å². The number of halogens is 2. The summed E-state index contributed by atoms with van der Waals surface area (Å²) in [5, 5.41) is 8.57. The Morgan fingerprint density at radius 3 is 2.50 bits per heavy atom. The monoisotopic (exact) mass is 208 g/mol. The van der Waals surface area contributed by atoms with Crippen LogP contribution in [0.4, 0.5) is 8.78 Å². The van der Waals surface area contributed by atoms with Crippen LogP contribution in [0.1, 0.15) is 25.7 Å². The summed E-state index contributed by atoms with van der Waals surface area (Å²) < 4.78 is 27.7. The van der Waals surface area contributed by atoms with Crippen molar-refractivity contribution in [3.05, 3.63) is 0 Å². The summed E-state index contributed by atoms with van der Waals surface area (Å²) >= 11 is 0. The number of aliphatic carboxylic acids is 1. The third kappa shape index (κ3) is 3.57. The average Bonchev–Trinajstić information content (AvgIpc) is 1.95. The minimum atomic E-state index is -2.80. The smallest absolute Gasteiger partial charge is 0.345 e. The highest BCUT2D eigenvalue weighted by atomic mass is 19.3. The molecule has 0 amide bonds. The van der Waals surface area contributed by atoms with Crippen molar-refractivity contribution in [2.24, 2.45) is 11.8 Å². The molecule has 0 saturated heterocycles. The lowest BCUT2D eigenvalue weighted by molar-refractivity contribution is -0.154. The molecule has 5 heteroatoms. The number of hydrogen-bond donors (Lipinski definition) is 1. The minimum absolute atomic E-state index is 0.0720. The molecule has 1 atom stereocenters. The summed E-state index contributed by atoms with van der Waals surface area (Å²) in [6, 6.07) is 0. The fourth-order valence-corrected chi connectivity index (χ4v) is 1.69. The van der Waals surface area contributed by atoms with Gasteiger partial charge in [-0.05, 0) is 11.8 Å². The maximum Gasteiger partial charge on any atom is 0.345 e. The first-order chi connectivity index (χ1) is 6.59. The zero-order chi connectivity index (χ0) is 10.6. The van der Waals surface area contributed by atoms with Crippen molar-refractivity contribution in [1.82, 2.24) is 0 Å². The summed E-state index contributed by atoms with van der Waals surface area (Å²) in [4.78, 5) is 10.5. The average molecular weight is 208 g/mol. The molecular weight excluding hydrogens is 194 g/mol. The van der Waals surface area contributed by atoms with Crippen molar-refractivity contribution in [2.75, 3.05) is 6.61 Å². The van der Waals surface area contributed by atoms with Crippen molar-refractivity contribution in [1.29, 1.82) is 0 Å². The number of ether oxygens (including phenoxy) is 1. The number of carbonyl (C=O) groups is 1. The summed E-state index contributed by atoms with van der Waals surface area (Å²) in [6.07, 6.45) is 2.86. The molecule has 0 heterocycles. The van der Waals surface area contributed by atoms with Crippen LogP contribution in [0.3, 0.4) is 0 Å². The number of alkyl halides is 2. The zero-order valence-electron chi connectivity index (χ0n) is 7.79. The van der Waals surface area contributed by atoms with Crippen LogP contribution in [0.25, 0.3) is 0 Å². The van der Waals surface area contributed by atoms with E-state index in [1.165, 1.54) is 0 Å². The van der Waals surface area contributed by atoms with E-state index in [9.17, 15) is 13.6 Å². The van der Waals surface area contributed by atoms with E-state index >= 15 is 0 Å². The highest BCUT2D eigenvalue weighted by Gasteiger charge is 2.29. The van der Waals surface area contributed by atoms with Gasteiger partial charge in [-0.3, -0.25) is 4.79 Å². The fourth-order valence-electron chi connectivity index (χ4n) is 1.69. The van der Waals surface area contributed by atoms with Gasteiger partial charge in [0.2, 0.25) is 0 Å². The van der Waals surface area contributed by atoms with Gasteiger partial charge >= 0.3 is 12.6 Å². The largest absolute Gasteiger partial charge is 0.481 e. The van der Waals surface area contributed by atoms with E-state index in [2.05, 4.69) is 4.74 Å². The minimum Gasteiger partial charge on any atom is -0.481 e. The Hall–Kier alpha value is -0.710. The van der Waals surface area contributed by atoms with Gasteiger partial charge in [0.1, 0.15) is 0 Å². The van der Waals surface area contributed by atoms with Gasteiger partial charge in [0.25, 0.3) is 0 Å². The van der Waals surface area contributed by atoms with Crippen molar-refractivity contribution in [3.63, 3.8) is 0 Å². The first-order valence-corrected chi connectivity index (χ1v) is 4.71. The highest BCUT2D eigenvalue weighted by Crippen LogP contribution is 2.35. The summed E-state index contributed by atoms with van der Waals surface area (Å²) in [6.45, 7) is -2.94. The molecule has 0 aromatic carbocycles. The first kappa shape index (κ1) is 11.4. The van der Waals surface area contributed by atoms with Crippen LogP contribution >= 0.6 is 0 Å². The van der Waals surface area contributed by atoms with Gasteiger partial charge in [0.15, 0.2) is 0 Å². The van der Waals surface area contributed by atoms with Crippen LogP contribution in [0.2, 0.25) is 0 Å². The molecule has 3 nitrogen and oxygen atoms in total. The van der Waals surface area contributed by atoms with Crippen molar-refractivity contribution < 1.29 is 23.4 Å². The first-order valence-electron chi connectivity index (χ1n) is 4.71. The van der Waals surface area contributed by atoms with Crippen LogP contribution in [0.15, 0.2) is 0 Å². The summed E-state index contributed by atoms with van der Waals surface area (Å²) in [5.41, 5.74) is 0. The normalized spacial score (nSPS) is 19.4. The Balaban J connectivity index is 2.31. The molecule has 82 valence electrons. The molecule has 1 N–H and O–H groups in total. The predicted molar refractivity (Wildman–Crippen MR) is 45.0 cm³/mol. The van der Waals surface area contributed by atoms with Gasteiger partial charge in [0, 0.05) is 0 Å². The third-order valence-corrected chi connectivity index (χ3v) is 2.69. The molecule has 0 aromatic rings. The third-order valence-electron chi connectivity index (χ3n) is 2.69. The maximum atomic E-state index is 11.7. The summed E-state index contributed by atoms with van der Waals surface area (Å²) in [7, 11) is 0. The van der Waals surface area contributed by atoms with Gasteiger partial charge in [-0.15, -0.1) is 0 Å². The van der Waals surface area contributed by atoms with E-state index in [-0.39, 0.29) is 24.9 Å². The molecule has 1 rings (SSSR count). The van der Waals surface area contributed by atoms with E-state index in [0.717, 1.165) is 19.3 Å². The maximum absolute atomic E-state index is 11.7. The van der Waals surface area contributed by atoms with Crippen molar-refractivity contribution in [2.45, 2.75) is 32.3 Å². The molecular formula is C9H14F2O3. The number of carboxylic acid groups (broad SMARTS) is 1. The molecule has 1 saturated carbocycles. The molecule has 0 aliphatic heterocycles. The van der Waals surface area contributed by atoms with Crippen LogP contribution in [0.5, 0.6) is 0 Å². The van der Waals surface area contributed by atoms with E-state index < -0.39 is 12.6 Å². The molecule has 1 fully saturated rings. The lowest BCUT2D eigenvalue weighted by Crippen LogP contribution is -2.28. The molecule has 1 aliphatic rings. The van der Waals surface area contributed by atoms with E-state index in [4.69, 9.17) is 5.11 Å². The molecule has 0 spiro atoms. The Kier molecular flexibility index (Phi) is 4.25. The number of hydrogen-bond acceptors (Lipinski definition) is 2. The highest BCUT2D eigenvalue weighted by molar-refractivity contribution is 5.67. The lowest BCUT2D eigenvalue weighted by atomic mass is 9.75. The van der Waals surface area contributed by atoms with E-state index in [1.807, 2.05) is 0 Å². The van der Waals surface area contributed by atoms with E-state index in [0.29, 0.717) is 0 Å². The Bertz CT molecular complexity index is 192. The van der Waals surface area contributed by atoms with Crippen molar-refractivity contribution in [3.8, 4) is 0 Å². The Labute approximate surface area is 81.1 Å². The quantitative estimate of drug-likeness (QED) is 0.727. The van der Waals surface area contributed by atoms with Gasteiger partial charge in [-0.2, -0.15) is 8.78 Å². The standard InChI is InChI=1S/C9H14F2O3/c10-9(11)14-5-7(4-8(12)13)6-2-1-3-6/h6-7,9H,1-5H2,(H,12,13). The second kappa shape index (κ2) is 5.24. The predicted octanol–water partition coefficient (Wildman–Crippen LogP) is 2.12. The molecule has 0 bridgehead atoms. The Morgan fingerprint density at radius 2 is 2.14 bits per heavy atom. The fraction of sp³-hybridized carbons (Fsp3) is 0.889. The van der Waals surface area contributed by atoms with Crippen LogP contribution < -0.4 is 0 Å². The number of rotatable bonds is 6. The molecule has 1 unspecified atom stereocenters. The Morgan fingerprint density at radius 1 is 1.50 bits per heavy atom. The van der Waals surface area contributed by atoms with Crippen LogP contribution in [-0.2, 0) is 9.53 Å². The number of carboxylic acids is 1. The van der Waals surface area contributed by atoms with E-state index in [1.54, 1.807) is 0 Å².